The molecule has 1 N–H and O–H groups in total. The van der Waals surface area contributed by atoms with Gasteiger partial charge in [0, 0.05) is 17.8 Å². The van der Waals surface area contributed by atoms with E-state index in [4.69, 9.17) is 16.3 Å². The van der Waals surface area contributed by atoms with Crippen molar-refractivity contribution in [1.82, 2.24) is 0 Å². The number of rotatable bonds is 4. The van der Waals surface area contributed by atoms with E-state index in [9.17, 15) is 4.39 Å². The minimum absolute atomic E-state index is 0.123. The number of methoxy groups -OCH3 is 1. The largest absolute Gasteiger partial charge is 0.496 e. The van der Waals surface area contributed by atoms with Gasteiger partial charge in [0.05, 0.1) is 12.1 Å². The van der Waals surface area contributed by atoms with Gasteiger partial charge in [-0.3, -0.25) is 0 Å². The Morgan fingerprint density at radius 1 is 1.22 bits per heavy atom. The van der Waals surface area contributed by atoms with Crippen molar-refractivity contribution in [2.45, 2.75) is 6.54 Å². The summed E-state index contributed by atoms with van der Waals surface area (Å²) in [6.07, 6.45) is 0. The lowest BCUT2D eigenvalue weighted by Gasteiger charge is -2.10. The van der Waals surface area contributed by atoms with Gasteiger partial charge in [-0.1, -0.05) is 29.8 Å². The van der Waals surface area contributed by atoms with Crippen LogP contribution in [0.4, 0.5) is 10.1 Å². The minimum atomic E-state index is -0.429. The summed E-state index contributed by atoms with van der Waals surface area (Å²) in [5.74, 6) is 0.376. The third-order valence-electron chi connectivity index (χ3n) is 2.60. The third kappa shape index (κ3) is 2.93. The lowest BCUT2D eigenvalue weighted by Crippen LogP contribution is -2.01. The highest BCUT2D eigenvalue weighted by Gasteiger charge is 2.03. The fourth-order valence-electron chi connectivity index (χ4n) is 1.65. The number of para-hydroxylation sites is 1. The Hall–Kier alpha value is -1.74. The molecule has 2 aromatic rings. The van der Waals surface area contributed by atoms with Gasteiger partial charge in [-0.2, -0.15) is 0 Å². The second kappa shape index (κ2) is 5.74. The Bertz CT molecular complexity index is 545. The van der Waals surface area contributed by atoms with Gasteiger partial charge in [-0.15, -0.1) is 0 Å². The maximum atomic E-state index is 13.3. The van der Waals surface area contributed by atoms with Gasteiger partial charge in [0.15, 0.2) is 0 Å². The Morgan fingerprint density at radius 2 is 2.00 bits per heavy atom. The number of hydrogen-bond acceptors (Lipinski definition) is 2. The first-order chi connectivity index (χ1) is 8.70. The van der Waals surface area contributed by atoms with Gasteiger partial charge in [0.25, 0.3) is 0 Å². The van der Waals surface area contributed by atoms with Gasteiger partial charge in [-0.05, 0) is 24.3 Å². The molecule has 0 aromatic heterocycles. The number of anilines is 1. The molecule has 4 heteroatoms. The van der Waals surface area contributed by atoms with Crippen molar-refractivity contribution in [2.75, 3.05) is 12.4 Å². The predicted octanol–water partition coefficient (Wildman–Crippen LogP) is 4.10. The van der Waals surface area contributed by atoms with Gasteiger partial charge < -0.3 is 10.1 Å². The van der Waals surface area contributed by atoms with Crippen molar-refractivity contribution in [3.05, 3.63) is 58.9 Å². The van der Waals surface area contributed by atoms with Gasteiger partial charge in [0.1, 0.15) is 11.6 Å². The van der Waals surface area contributed by atoms with Crippen LogP contribution in [0.25, 0.3) is 0 Å². The van der Waals surface area contributed by atoms with Crippen LogP contribution in [0.1, 0.15) is 5.56 Å². The van der Waals surface area contributed by atoms with Crippen LogP contribution < -0.4 is 10.1 Å². The average Bonchev–Trinajstić information content (AvgIpc) is 2.40. The first kappa shape index (κ1) is 12.7. The minimum Gasteiger partial charge on any atom is -0.496 e. The molecule has 18 heavy (non-hydrogen) atoms. The molecule has 0 unspecified atom stereocenters. The lowest BCUT2D eigenvalue weighted by atomic mass is 10.2. The summed E-state index contributed by atoms with van der Waals surface area (Å²) in [6, 6.07) is 12.3. The van der Waals surface area contributed by atoms with Crippen molar-refractivity contribution < 1.29 is 9.13 Å². The smallest absolute Gasteiger partial charge is 0.143 e. The Labute approximate surface area is 110 Å². The zero-order chi connectivity index (χ0) is 13.0. The number of nitrogens with one attached hydrogen (secondary N) is 1. The number of halogens is 2. The van der Waals surface area contributed by atoms with Crippen molar-refractivity contribution in [2.24, 2.45) is 0 Å². The van der Waals surface area contributed by atoms with Crippen LogP contribution >= 0.6 is 11.6 Å². The third-order valence-corrected chi connectivity index (χ3v) is 2.90. The Morgan fingerprint density at radius 3 is 2.72 bits per heavy atom. The van der Waals surface area contributed by atoms with Crippen LogP contribution in [-0.2, 0) is 6.54 Å². The molecule has 2 nitrogen and oxygen atoms in total. The molecular formula is C14H13ClFNO. The highest BCUT2D eigenvalue weighted by atomic mass is 35.5. The molecule has 0 heterocycles. The molecule has 0 saturated heterocycles. The van der Waals surface area contributed by atoms with Gasteiger partial charge in [0.2, 0.25) is 0 Å². The Balaban J connectivity index is 2.09. The zero-order valence-electron chi connectivity index (χ0n) is 9.91. The molecule has 0 spiro atoms. The molecule has 0 aliphatic heterocycles. The second-order valence-electron chi connectivity index (χ2n) is 3.79. The molecule has 0 atom stereocenters. The second-order valence-corrected chi connectivity index (χ2v) is 4.20. The molecule has 0 aliphatic carbocycles. The van der Waals surface area contributed by atoms with E-state index < -0.39 is 5.82 Å². The van der Waals surface area contributed by atoms with E-state index in [0.717, 1.165) is 11.3 Å². The molecule has 0 bridgehead atoms. The highest BCUT2D eigenvalue weighted by molar-refractivity contribution is 6.30. The van der Waals surface area contributed by atoms with Crippen LogP contribution in [-0.4, -0.2) is 7.11 Å². The quantitative estimate of drug-likeness (QED) is 0.899. The SMILES string of the molecule is COc1ccccc1CNc1ccc(Cl)c(F)c1. The maximum Gasteiger partial charge on any atom is 0.143 e. The normalized spacial score (nSPS) is 10.2. The fourth-order valence-corrected chi connectivity index (χ4v) is 1.77. The highest BCUT2D eigenvalue weighted by Crippen LogP contribution is 2.21. The predicted molar refractivity (Wildman–Crippen MR) is 71.7 cm³/mol. The molecule has 0 fully saturated rings. The molecule has 0 radical (unpaired) electrons. The molecule has 0 amide bonds. The fraction of sp³-hybridized carbons (Fsp3) is 0.143. The summed E-state index contributed by atoms with van der Waals surface area (Å²) < 4.78 is 18.5. The van der Waals surface area contributed by atoms with Crippen molar-refractivity contribution >= 4 is 17.3 Å². The Kier molecular flexibility index (Phi) is 4.05. The van der Waals surface area contributed by atoms with Gasteiger partial charge in [-0.25, -0.2) is 4.39 Å². The van der Waals surface area contributed by atoms with E-state index in [-0.39, 0.29) is 5.02 Å². The zero-order valence-corrected chi connectivity index (χ0v) is 10.7. The summed E-state index contributed by atoms with van der Waals surface area (Å²) in [5, 5.41) is 3.25. The van der Waals surface area contributed by atoms with E-state index in [1.807, 2.05) is 24.3 Å². The summed E-state index contributed by atoms with van der Waals surface area (Å²) in [6.45, 7) is 0.561. The van der Waals surface area contributed by atoms with Crippen molar-refractivity contribution in [1.29, 1.82) is 0 Å². The van der Waals surface area contributed by atoms with E-state index in [2.05, 4.69) is 5.32 Å². The molecular weight excluding hydrogens is 253 g/mol. The summed E-state index contributed by atoms with van der Waals surface area (Å²) in [4.78, 5) is 0. The number of benzene rings is 2. The molecule has 0 aliphatic rings. The summed E-state index contributed by atoms with van der Waals surface area (Å²) in [7, 11) is 1.63. The maximum absolute atomic E-state index is 13.3. The van der Waals surface area contributed by atoms with Gasteiger partial charge >= 0.3 is 0 Å². The molecule has 0 saturated carbocycles. The van der Waals surface area contributed by atoms with Crippen molar-refractivity contribution in [3.63, 3.8) is 0 Å². The van der Waals surface area contributed by atoms with E-state index >= 15 is 0 Å². The monoisotopic (exact) mass is 265 g/mol. The van der Waals surface area contributed by atoms with E-state index in [1.165, 1.54) is 12.1 Å². The van der Waals surface area contributed by atoms with Crippen LogP contribution in [0.5, 0.6) is 5.75 Å². The molecule has 2 aromatic carbocycles. The summed E-state index contributed by atoms with van der Waals surface area (Å²) in [5.41, 5.74) is 1.69. The summed E-state index contributed by atoms with van der Waals surface area (Å²) >= 11 is 5.62. The first-order valence-corrected chi connectivity index (χ1v) is 5.89. The van der Waals surface area contributed by atoms with Crippen LogP contribution in [0, 0.1) is 5.82 Å². The van der Waals surface area contributed by atoms with Crippen LogP contribution in [0.3, 0.4) is 0 Å². The lowest BCUT2D eigenvalue weighted by molar-refractivity contribution is 0.410. The standard InChI is InChI=1S/C14H13ClFNO/c1-18-14-5-3-2-4-10(14)9-17-11-6-7-12(15)13(16)8-11/h2-8,17H,9H2,1H3. The van der Waals surface area contributed by atoms with Crippen molar-refractivity contribution in [3.8, 4) is 5.75 Å². The van der Waals surface area contributed by atoms with E-state index in [1.54, 1.807) is 13.2 Å². The molecule has 94 valence electrons. The topological polar surface area (TPSA) is 21.3 Å². The first-order valence-electron chi connectivity index (χ1n) is 5.51. The number of ether oxygens (including phenoxy) is 1. The molecule has 2 rings (SSSR count). The number of hydrogen-bond donors (Lipinski definition) is 1. The van der Waals surface area contributed by atoms with E-state index in [0.29, 0.717) is 12.2 Å². The van der Waals surface area contributed by atoms with Crippen LogP contribution in [0.2, 0.25) is 5.02 Å². The average molecular weight is 266 g/mol. The van der Waals surface area contributed by atoms with Crippen LogP contribution in [0.15, 0.2) is 42.5 Å².